The number of thiophene rings is 1. The van der Waals surface area contributed by atoms with Crippen LogP contribution in [0, 0.1) is 0 Å². The number of sulfonamides is 1. The first kappa shape index (κ1) is 16.9. The molecule has 20 heavy (non-hydrogen) atoms. The van der Waals surface area contributed by atoms with Gasteiger partial charge in [-0.25, -0.2) is 13.6 Å². The summed E-state index contributed by atoms with van der Waals surface area (Å²) in [6, 6.07) is 1.09. The summed E-state index contributed by atoms with van der Waals surface area (Å²) in [5.41, 5.74) is 0.0647. The minimum atomic E-state index is -4.41. The van der Waals surface area contributed by atoms with E-state index in [9.17, 15) is 26.4 Å². The van der Waals surface area contributed by atoms with Crippen molar-refractivity contribution < 1.29 is 31.1 Å². The number of alkyl halides is 3. The van der Waals surface area contributed by atoms with Crippen molar-refractivity contribution in [1.29, 1.82) is 0 Å². The van der Waals surface area contributed by atoms with Crippen molar-refractivity contribution >= 4 is 27.3 Å². The number of nitrogens with one attached hydrogen (secondary N) is 1. The van der Waals surface area contributed by atoms with Crippen LogP contribution < -0.4 is 10.5 Å². The van der Waals surface area contributed by atoms with Crippen LogP contribution in [0.1, 0.15) is 10.4 Å². The van der Waals surface area contributed by atoms with E-state index in [0.29, 0.717) is 0 Å². The molecule has 0 saturated heterocycles. The van der Waals surface area contributed by atoms with Gasteiger partial charge in [0.2, 0.25) is 10.0 Å². The van der Waals surface area contributed by atoms with E-state index in [4.69, 9.17) is 5.14 Å². The molecule has 6 nitrogen and oxygen atoms in total. The molecule has 0 aliphatic heterocycles. The van der Waals surface area contributed by atoms with Crippen LogP contribution in [0.2, 0.25) is 0 Å². The second kappa shape index (κ2) is 6.52. The third kappa shape index (κ3) is 5.86. The van der Waals surface area contributed by atoms with Gasteiger partial charge in [0.05, 0.1) is 12.2 Å². The molecule has 0 aliphatic carbocycles. The molecule has 0 radical (unpaired) electrons. The number of nitrogens with two attached hydrogens (primary N) is 1. The van der Waals surface area contributed by atoms with E-state index in [1.54, 1.807) is 0 Å². The highest BCUT2D eigenvalue weighted by Gasteiger charge is 2.27. The maximum Gasteiger partial charge on any atom is 0.411 e. The van der Waals surface area contributed by atoms with E-state index in [-0.39, 0.29) is 22.9 Å². The van der Waals surface area contributed by atoms with Crippen molar-refractivity contribution in [3.05, 3.63) is 17.0 Å². The van der Waals surface area contributed by atoms with Gasteiger partial charge in [0.25, 0.3) is 5.91 Å². The standard InChI is InChI=1S/C9H11F3N2O4S2/c10-9(11,12)5-18-2-1-14-8(15)6-3-7(19-4-6)20(13,16)17/h3-4H,1-2,5H2,(H,14,15)(H2,13,16,17). The van der Waals surface area contributed by atoms with Gasteiger partial charge in [-0.05, 0) is 6.07 Å². The molecule has 1 rings (SSSR count). The lowest BCUT2D eigenvalue weighted by molar-refractivity contribution is -0.173. The summed E-state index contributed by atoms with van der Waals surface area (Å²) >= 11 is 0.778. The fourth-order valence-electron chi connectivity index (χ4n) is 1.11. The first-order valence-electron chi connectivity index (χ1n) is 5.13. The molecule has 1 aromatic heterocycles. The molecule has 0 atom stereocenters. The number of ether oxygens (including phenoxy) is 1. The molecular weight excluding hydrogens is 321 g/mol. The molecule has 114 valence electrons. The second-order valence-corrected chi connectivity index (χ2v) is 6.32. The van der Waals surface area contributed by atoms with Crippen LogP contribution in [0.4, 0.5) is 13.2 Å². The maximum absolute atomic E-state index is 11.7. The number of hydrogen-bond donors (Lipinski definition) is 2. The monoisotopic (exact) mass is 332 g/mol. The minimum absolute atomic E-state index is 0.0647. The van der Waals surface area contributed by atoms with Gasteiger partial charge in [0, 0.05) is 11.9 Å². The van der Waals surface area contributed by atoms with E-state index < -0.39 is 28.7 Å². The highest BCUT2D eigenvalue weighted by atomic mass is 32.2. The zero-order valence-corrected chi connectivity index (χ0v) is 11.6. The summed E-state index contributed by atoms with van der Waals surface area (Å²) in [5.74, 6) is -0.619. The van der Waals surface area contributed by atoms with Gasteiger partial charge in [0.15, 0.2) is 0 Å². The number of amides is 1. The zero-order valence-electron chi connectivity index (χ0n) is 9.94. The van der Waals surface area contributed by atoms with Crippen LogP contribution in [0.25, 0.3) is 0 Å². The largest absolute Gasteiger partial charge is 0.411 e. The first-order valence-corrected chi connectivity index (χ1v) is 7.56. The van der Waals surface area contributed by atoms with Crippen LogP contribution in [0.15, 0.2) is 15.7 Å². The molecule has 3 N–H and O–H groups in total. The van der Waals surface area contributed by atoms with Crippen LogP contribution in [0.3, 0.4) is 0 Å². The van der Waals surface area contributed by atoms with Crippen LogP contribution in [0.5, 0.6) is 0 Å². The molecule has 0 saturated carbocycles. The Hall–Kier alpha value is -1.17. The number of primary sulfonamides is 1. The molecule has 11 heteroatoms. The summed E-state index contributed by atoms with van der Waals surface area (Å²) in [4.78, 5) is 11.5. The Morgan fingerprint density at radius 3 is 2.60 bits per heavy atom. The van der Waals surface area contributed by atoms with E-state index >= 15 is 0 Å². The fourth-order valence-corrected chi connectivity index (χ4v) is 2.70. The van der Waals surface area contributed by atoms with Crippen molar-refractivity contribution in [2.45, 2.75) is 10.4 Å². The first-order chi connectivity index (χ1) is 9.09. The zero-order chi connectivity index (χ0) is 15.4. The Morgan fingerprint density at radius 1 is 1.45 bits per heavy atom. The minimum Gasteiger partial charge on any atom is -0.370 e. The number of hydrogen-bond acceptors (Lipinski definition) is 5. The average Bonchev–Trinajstić information content (AvgIpc) is 2.75. The van der Waals surface area contributed by atoms with E-state index in [1.807, 2.05) is 0 Å². The predicted molar refractivity (Wildman–Crippen MR) is 64.9 cm³/mol. The molecule has 0 fully saturated rings. The topological polar surface area (TPSA) is 98.5 Å². The molecule has 0 aliphatic rings. The van der Waals surface area contributed by atoms with Crippen molar-refractivity contribution in [3.63, 3.8) is 0 Å². The lowest BCUT2D eigenvalue weighted by Gasteiger charge is -2.07. The summed E-state index contributed by atoms with van der Waals surface area (Å²) in [5, 5.41) is 8.45. The van der Waals surface area contributed by atoms with Gasteiger partial charge in [-0.15, -0.1) is 11.3 Å². The Bertz CT molecular complexity index is 568. The maximum atomic E-state index is 11.7. The molecule has 0 bridgehead atoms. The molecule has 1 heterocycles. The lowest BCUT2D eigenvalue weighted by Crippen LogP contribution is -2.28. The smallest absolute Gasteiger partial charge is 0.370 e. The summed E-state index contributed by atoms with van der Waals surface area (Å²) in [6.45, 7) is -1.83. The molecule has 0 spiro atoms. The number of carbonyl (C=O) groups is 1. The molecule has 1 aromatic rings. The normalized spacial score (nSPS) is 12.4. The van der Waals surface area contributed by atoms with E-state index in [1.165, 1.54) is 5.38 Å². The van der Waals surface area contributed by atoms with Crippen LogP contribution in [-0.2, 0) is 14.8 Å². The van der Waals surface area contributed by atoms with Crippen LogP contribution >= 0.6 is 11.3 Å². The summed E-state index contributed by atoms with van der Waals surface area (Å²) in [7, 11) is -3.87. The van der Waals surface area contributed by atoms with Crippen molar-refractivity contribution in [2.24, 2.45) is 5.14 Å². The lowest BCUT2D eigenvalue weighted by atomic mass is 10.3. The van der Waals surface area contributed by atoms with Crippen molar-refractivity contribution in [3.8, 4) is 0 Å². The molecular formula is C9H11F3N2O4S2. The SMILES string of the molecule is NS(=O)(=O)c1cc(C(=O)NCCOCC(F)(F)F)cs1. The Kier molecular flexibility index (Phi) is 5.50. The highest BCUT2D eigenvalue weighted by molar-refractivity contribution is 7.91. The van der Waals surface area contributed by atoms with Crippen molar-refractivity contribution in [2.75, 3.05) is 19.8 Å². The summed E-state index contributed by atoms with van der Waals surface area (Å²) < 4.78 is 61.3. The van der Waals surface area contributed by atoms with Gasteiger partial charge in [-0.3, -0.25) is 4.79 Å². The Morgan fingerprint density at radius 2 is 2.10 bits per heavy atom. The predicted octanol–water partition coefficient (Wildman–Crippen LogP) is 0.704. The van der Waals surface area contributed by atoms with Gasteiger partial charge >= 0.3 is 6.18 Å². The Labute approximate surface area is 116 Å². The van der Waals surface area contributed by atoms with Gasteiger partial charge < -0.3 is 10.1 Å². The quantitative estimate of drug-likeness (QED) is 0.749. The van der Waals surface area contributed by atoms with Gasteiger partial charge in [-0.1, -0.05) is 0 Å². The van der Waals surface area contributed by atoms with Crippen LogP contribution in [-0.4, -0.2) is 40.3 Å². The molecule has 0 aromatic carbocycles. The number of rotatable bonds is 6. The van der Waals surface area contributed by atoms with Gasteiger partial charge in [0.1, 0.15) is 10.8 Å². The number of carbonyl (C=O) groups excluding carboxylic acids is 1. The third-order valence-electron chi connectivity index (χ3n) is 1.92. The Balaban J connectivity index is 2.39. The second-order valence-electron chi connectivity index (χ2n) is 3.62. The number of halogens is 3. The van der Waals surface area contributed by atoms with Gasteiger partial charge in [-0.2, -0.15) is 13.2 Å². The molecule has 0 unspecified atom stereocenters. The molecule has 1 amide bonds. The van der Waals surface area contributed by atoms with E-state index in [2.05, 4.69) is 10.1 Å². The fraction of sp³-hybridized carbons (Fsp3) is 0.444. The van der Waals surface area contributed by atoms with E-state index in [0.717, 1.165) is 17.4 Å². The highest BCUT2D eigenvalue weighted by Crippen LogP contribution is 2.18. The third-order valence-corrected chi connectivity index (χ3v) is 4.30. The summed E-state index contributed by atoms with van der Waals surface area (Å²) in [6.07, 6.45) is -4.41. The van der Waals surface area contributed by atoms with Crippen molar-refractivity contribution in [1.82, 2.24) is 5.32 Å². The average molecular weight is 332 g/mol.